The second-order valence-electron chi connectivity index (χ2n) is 7.15. The highest BCUT2D eigenvalue weighted by molar-refractivity contribution is 7.16. The van der Waals surface area contributed by atoms with Gasteiger partial charge in [-0.3, -0.25) is 0 Å². The number of nitrogens with one attached hydrogen (secondary N) is 1. The number of thiazole rings is 1. The maximum Gasteiger partial charge on any atom is 0.184 e. The molecule has 0 amide bonds. The Bertz CT molecular complexity index is 1050. The van der Waals surface area contributed by atoms with E-state index in [1.807, 2.05) is 25.1 Å². The van der Waals surface area contributed by atoms with Gasteiger partial charge in [-0.05, 0) is 43.5 Å². The molecule has 0 radical (unpaired) electrons. The third-order valence-electron chi connectivity index (χ3n) is 4.92. The molecule has 164 valence electrons. The highest BCUT2D eigenvalue weighted by Crippen LogP contribution is 2.37. The Hall–Kier alpha value is -2.19. The van der Waals surface area contributed by atoms with Crippen molar-refractivity contribution >= 4 is 40.5 Å². The molecule has 3 aromatic rings. The molecule has 6 heteroatoms. The van der Waals surface area contributed by atoms with Crippen LogP contribution < -0.4 is 10.1 Å². The highest BCUT2D eigenvalue weighted by atomic mass is 35.5. The quantitative estimate of drug-likeness (QED) is 0.359. The van der Waals surface area contributed by atoms with Crippen LogP contribution in [0.5, 0.6) is 5.75 Å². The number of ether oxygens (including phenoxy) is 1. The number of anilines is 1. The standard InChI is InChI=1S/C25H27ClN2OS.ClH/c1-5-10-19(20-11-7-6-8-12-20)13-9-14-27-25-28-24(18(3)30-25)21-15-17(2)23(29-4)16-22(21)26;/h6-8,11-12,15-16,19H,5,10,14H2,1-4H3,(H,27,28);1H/t19-;/m1./s1. The Morgan fingerprint density at radius 2 is 1.94 bits per heavy atom. The third-order valence-corrected chi connectivity index (χ3v) is 6.16. The Morgan fingerprint density at radius 1 is 1.19 bits per heavy atom. The Kier molecular flexibility index (Phi) is 9.71. The zero-order valence-corrected chi connectivity index (χ0v) is 20.7. The summed E-state index contributed by atoms with van der Waals surface area (Å²) in [5, 5.41) is 4.84. The number of nitrogens with zero attached hydrogens (tertiary/aromatic N) is 1. The third kappa shape index (κ3) is 6.40. The molecule has 0 saturated carbocycles. The van der Waals surface area contributed by atoms with Gasteiger partial charge in [0.25, 0.3) is 0 Å². The van der Waals surface area contributed by atoms with Crippen LogP contribution in [0, 0.1) is 25.7 Å². The van der Waals surface area contributed by atoms with Gasteiger partial charge >= 0.3 is 0 Å². The molecule has 0 aliphatic heterocycles. The van der Waals surface area contributed by atoms with Crippen LogP contribution in [0.25, 0.3) is 11.3 Å². The SMILES string of the molecule is CCC[C@H](C#CCNc1nc(-c2cc(C)c(OC)cc2Cl)c(C)s1)c1ccccc1.Cl. The van der Waals surface area contributed by atoms with Crippen LogP contribution in [0.1, 0.15) is 41.7 Å². The fourth-order valence-corrected chi connectivity index (χ4v) is 4.44. The van der Waals surface area contributed by atoms with Crippen molar-refractivity contribution in [1.29, 1.82) is 0 Å². The highest BCUT2D eigenvalue weighted by Gasteiger charge is 2.15. The van der Waals surface area contributed by atoms with E-state index in [-0.39, 0.29) is 18.3 Å². The van der Waals surface area contributed by atoms with Crippen LogP contribution in [-0.2, 0) is 0 Å². The minimum absolute atomic E-state index is 0. The summed E-state index contributed by atoms with van der Waals surface area (Å²) in [5.41, 5.74) is 4.14. The van der Waals surface area contributed by atoms with Crippen LogP contribution in [-0.4, -0.2) is 18.6 Å². The van der Waals surface area contributed by atoms with Crippen molar-refractivity contribution in [3.05, 3.63) is 63.5 Å². The average molecular weight is 475 g/mol. The number of hydrogen-bond donors (Lipinski definition) is 1. The Labute approximate surface area is 200 Å². The molecule has 1 N–H and O–H groups in total. The van der Waals surface area contributed by atoms with Gasteiger partial charge in [0.15, 0.2) is 5.13 Å². The first-order chi connectivity index (χ1) is 14.5. The number of halogens is 2. The monoisotopic (exact) mass is 474 g/mol. The molecule has 2 aromatic carbocycles. The zero-order chi connectivity index (χ0) is 21.5. The molecule has 1 heterocycles. The van der Waals surface area contributed by atoms with Gasteiger partial charge in [-0.2, -0.15) is 0 Å². The lowest BCUT2D eigenvalue weighted by molar-refractivity contribution is 0.412. The number of aromatic nitrogens is 1. The molecule has 0 spiro atoms. The minimum Gasteiger partial charge on any atom is -0.496 e. The fourth-order valence-electron chi connectivity index (χ4n) is 3.38. The molecule has 3 nitrogen and oxygen atoms in total. The molecular weight excluding hydrogens is 447 g/mol. The number of hydrogen-bond acceptors (Lipinski definition) is 4. The second-order valence-corrected chi connectivity index (χ2v) is 8.76. The van der Waals surface area contributed by atoms with E-state index >= 15 is 0 Å². The molecule has 3 rings (SSSR count). The molecule has 31 heavy (non-hydrogen) atoms. The van der Waals surface area contributed by atoms with Crippen molar-refractivity contribution in [2.45, 2.75) is 39.5 Å². The van der Waals surface area contributed by atoms with E-state index in [2.05, 4.69) is 55.3 Å². The first-order valence-electron chi connectivity index (χ1n) is 10.1. The van der Waals surface area contributed by atoms with Gasteiger partial charge in [-0.15, -0.1) is 23.7 Å². The van der Waals surface area contributed by atoms with Gasteiger partial charge in [-0.25, -0.2) is 4.98 Å². The molecule has 0 bridgehead atoms. The minimum atomic E-state index is 0. The topological polar surface area (TPSA) is 34.2 Å². The molecule has 0 aliphatic rings. The van der Waals surface area contributed by atoms with Gasteiger partial charge in [0, 0.05) is 16.4 Å². The van der Waals surface area contributed by atoms with Crippen molar-refractivity contribution in [2.24, 2.45) is 0 Å². The first-order valence-corrected chi connectivity index (χ1v) is 11.3. The number of methoxy groups -OCH3 is 1. The van der Waals surface area contributed by atoms with Crippen molar-refractivity contribution in [3.8, 4) is 28.8 Å². The van der Waals surface area contributed by atoms with Crippen LogP contribution >= 0.6 is 35.3 Å². The average Bonchev–Trinajstić information content (AvgIpc) is 3.12. The maximum absolute atomic E-state index is 6.49. The number of aryl methyl sites for hydroxylation is 2. The van der Waals surface area contributed by atoms with Crippen LogP contribution in [0.4, 0.5) is 5.13 Å². The van der Waals surface area contributed by atoms with Crippen molar-refractivity contribution in [3.63, 3.8) is 0 Å². The summed E-state index contributed by atoms with van der Waals surface area (Å²) in [6, 6.07) is 14.4. The van der Waals surface area contributed by atoms with Crippen LogP contribution in [0.15, 0.2) is 42.5 Å². The molecular formula is C25H28Cl2N2OS. The van der Waals surface area contributed by atoms with Crippen molar-refractivity contribution in [2.75, 3.05) is 19.0 Å². The van der Waals surface area contributed by atoms with Gasteiger partial charge in [-0.1, -0.05) is 67.1 Å². The van der Waals surface area contributed by atoms with Gasteiger partial charge in [0.2, 0.25) is 0 Å². The largest absolute Gasteiger partial charge is 0.496 e. The van der Waals surface area contributed by atoms with Gasteiger partial charge < -0.3 is 10.1 Å². The number of rotatable bonds is 7. The fraction of sp³-hybridized carbons (Fsp3) is 0.320. The molecule has 0 unspecified atom stereocenters. The lowest BCUT2D eigenvalue weighted by atomic mass is 9.95. The zero-order valence-electron chi connectivity index (χ0n) is 18.3. The molecule has 1 atom stereocenters. The van der Waals surface area contributed by atoms with E-state index in [1.165, 1.54) is 5.56 Å². The molecule has 0 fully saturated rings. The predicted octanol–water partition coefficient (Wildman–Crippen LogP) is 7.51. The summed E-state index contributed by atoms with van der Waals surface area (Å²) in [6.45, 7) is 6.83. The maximum atomic E-state index is 6.49. The van der Waals surface area contributed by atoms with E-state index in [0.29, 0.717) is 11.6 Å². The Morgan fingerprint density at radius 3 is 2.61 bits per heavy atom. The van der Waals surface area contributed by atoms with E-state index < -0.39 is 0 Å². The summed E-state index contributed by atoms with van der Waals surface area (Å²) >= 11 is 8.11. The summed E-state index contributed by atoms with van der Waals surface area (Å²) in [4.78, 5) is 5.88. The smallest absolute Gasteiger partial charge is 0.184 e. The predicted molar refractivity (Wildman–Crippen MR) is 136 cm³/mol. The number of benzene rings is 2. The van der Waals surface area contributed by atoms with Gasteiger partial charge in [0.1, 0.15) is 5.75 Å². The van der Waals surface area contributed by atoms with Crippen LogP contribution in [0.3, 0.4) is 0 Å². The van der Waals surface area contributed by atoms with Crippen molar-refractivity contribution < 1.29 is 4.74 Å². The van der Waals surface area contributed by atoms with E-state index in [4.69, 9.17) is 21.3 Å². The summed E-state index contributed by atoms with van der Waals surface area (Å²) in [6.07, 6.45) is 2.17. The molecule has 1 aromatic heterocycles. The van der Waals surface area contributed by atoms with E-state index in [0.717, 1.165) is 45.4 Å². The second kappa shape index (κ2) is 12.0. The summed E-state index contributed by atoms with van der Waals surface area (Å²) in [5.74, 6) is 7.76. The summed E-state index contributed by atoms with van der Waals surface area (Å²) < 4.78 is 5.36. The van der Waals surface area contributed by atoms with Crippen molar-refractivity contribution in [1.82, 2.24) is 4.98 Å². The van der Waals surface area contributed by atoms with E-state index in [1.54, 1.807) is 18.4 Å². The molecule has 0 aliphatic carbocycles. The van der Waals surface area contributed by atoms with Gasteiger partial charge in [0.05, 0.1) is 24.4 Å². The van der Waals surface area contributed by atoms with Crippen LogP contribution in [0.2, 0.25) is 5.02 Å². The lowest BCUT2D eigenvalue weighted by Gasteiger charge is -2.09. The van der Waals surface area contributed by atoms with E-state index in [9.17, 15) is 0 Å². The first kappa shape index (κ1) is 25.1. The Balaban J connectivity index is 0.00000341. The lowest BCUT2D eigenvalue weighted by Crippen LogP contribution is -2.00. The molecule has 0 saturated heterocycles. The normalized spacial score (nSPS) is 11.1. The summed E-state index contributed by atoms with van der Waals surface area (Å²) in [7, 11) is 1.65.